The lowest BCUT2D eigenvalue weighted by molar-refractivity contribution is -0.131. The zero-order chi connectivity index (χ0) is 12.0. The second kappa shape index (κ2) is 6.08. The molecule has 1 rings (SSSR count). The second-order valence-corrected chi connectivity index (χ2v) is 3.70. The van der Waals surface area contributed by atoms with Crippen molar-refractivity contribution in [1.82, 2.24) is 4.90 Å². The van der Waals surface area contributed by atoms with Gasteiger partial charge in [0.2, 0.25) is 0 Å². The van der Waals surface area contributed by atoms with E-state index in [0.29, 0.717) is 0 Å². The maximum Gasteiger partial charge on any atom is 0.328 e. The maximum atomic E-state index is 10.5. The van der Waals surface area contributed by atoms with Crippen molar-refractivity contribution in [2.45, 2.75) is 13.5 Å². The lowest BCUT2D eigenvalue weighted by Gasteiger charge is -2.15. The van der Waals surface area contributed by atoms with Crippen LogP contribution in [0.15, 0.2) is 30.3 Å². The van der Waals surface area contributed by atoms with E-state index in [9.17, 15) is 4.79 Å². The minimum absolute atomic E-state index is 0.830. The smallest absolute Gasteiger partial charge is 0.328 e. The van der Waals surface area contributed by atoms with E-state index in [1.54, 1.807) is 6.08 Å². The fraction of sp³-hybridized carbons (Fsp3) is 0.308. The largest absolute Gasteiger partial charge is 0.478 e. The lowest BCUT2D eigenvalue weighted by Crippen LogP contribution is -2.17. The van der Waals surface area contributed by atoms with Crippen molar-refractivity contribution in [2.24, 2.45) is 0 Å². The van der Waals surface area contributed by atoms with E-state index in [1.807, 2.05) is 31.3 Å². The van der Waals surface area contributed by atoms with Gasteiger partial charge in [-0.3, -0.25) is 0 Å². The normalized spacial score (nSPS) is 11.2. The molecule has 0 aliphatic carbocycles. The molecule has 0 radical (unpaired) electrons. The van der Waals surface area contributed by atoms with Crippen LogP contribution in [0.4, 0.5) is 0 Å². The first kappa shape index (κ1) is 12.5. The molecule has 0 heterocycles. The summed E-state index contributed by atoms with van der Waals surface area (Å²) in [5.41, 5.74) is 2.11. The summed E-state index contributed by atoms with van der Waals surface area (Å²) in [6.45, 7) is 3.89. The highest BCUT2D eigenvalue weighted by atomic mass is 16.4. The molecule has 0 saturated heterocycles. The van der Waals surface area contributed by atoms with Gasteiger partial charge < -0.3 is 10.0 Å². The molecule has 0 spiro atoms. The molecular formula is C13H17NO2. The fourth-order valence-corrected chi connectivity index (χ4v) is 1.40. The number of carbonyl (C=O) groups is 1. The van der Waals surface area contributed by atoms with Crippen molar-refractivity contribution in [1.29, 1.82) is 0 Å². The van der Waals surface area contributed by atoms with E-state index < -0.39 is 5.97 Å². The highest BCUT2D eigenvalue weighted by Gasteiger charge is 2.01. The van der Waals surface area contributed by atoms with Gasteiger partial charge in [0.25, 0.3) is 0 Å². The molecule has 0 bridgehead atoms. The SMILES string of the molecule is CCN(C)Cc1ccccc1C=CC(=O)O. The monoisotopic (exact) mass is 219 g/mol. The number of aliphatic carboxylic acids is 1. The molecule has 0 aromatic heterocycles. The number of hydrogen-bond acceptors (Lipinski definition) is 2. The Bertz CT molecular complexity index is 385. The Morgan fingerprint density at radius 3 is 2.75 bits per heavy atom. The molecule has 0 atom stereocenters. The molecule has 0 fully saturated rings. The number of carboxylic acids is 1. The molecule has 3 nitrogen and oxygen atoms in total. The number of benzene rings is 1. The molecule has 0 aliphatic heterocycles. The highest BCUT2D eigenvalue weighted by Crippen LogP contribution is 2.12. The molecule has 0 aliphatic rings. The van der Waals surface area contributed by atoms with Gasteiger partial charge in [-0.15, -0.1) is 0 Å². The zero-order valence-corrected chi connectivity index (χ0v) is 9.68. The zero-order valence-electron chi connectivity index (χ0n) is 9.68. The van der Waals surface area contributed by atoms with Crippen molar-refractivity contribution < 1.29 is 9.90 Å². The van der Waals surface area contributed by atoms with Crippen molar-refractivity contribution in [3.8, 4) is 0 Å². The molecule has 1 aromatic carbocycles. The van der Waals surface area contributed by atoms with Gasteiger partial charge in [-0.05, 0) is 30.8 Å². The predicted molar refractivity (Wildman–Crippen MR) is 65.1 cm³/mol. The summed E-state index contributed by atoms with van der Waals surface area (Å²) in [6, 6.07) is 7.83. The summed E-state index contributed by atoms with van der Waals surface area (Å²) in [5.74, 6) is -0.918. The van der Waals surface area contributed by atoms with E-state index in [0.717, 1.165) is 24.2 Å². The van der Waals surface area contributed by atoms with Crippen LogP contribution in [0.3, 0.4) is 0 Å². The summed E-state index contributed by atoms with van der Waals surface area (Å²) in [7, 11) is 2.04. The molecule has 0 unspecified atom stereocenters. The topological polar surface area (TPSA) is 40.5 Å². The maximum absolute atomic E-state index is 10.5. The molecule has 0 saturated carbocycles. The Kier molecular flexibility index (Phi) is 4.73. The van der Waals surface area contributed by atoms with Crippen molar-refractivity contribution in [2.75, 3.05) is 13.6 Å². The standard InChI is InChI=1S/C13H17NO2/c1-3-14(2)10-12-7-5-4-6-11(12)8-9-13(15)16/h4-9H,3,10H2,1-2H3,(H,15,16). The van der Waals surface area contributed by atoms with Gasteiger partial charge in [0.15, 0.2) is 0 Å². The van der Waals surface area contributed by atoms with Crippen LogP contribution in [-0.2, 0) is 11.3 Å². The average molecular weight is 219 g/mol. The van der Waals surface area contributed by atoms with Gasteiger partial charge in [-0.2, -0.15) is 0 Å². The van der Waals surface area contributed by atoms with Crippen molar-refractivity contribution in [3.63, 3.8) is 0 Å². The van der Waals surface area contributed by atoms with Gasteiger partial charge in [0.05, 0.1) is 0 Å². The minimum Gasteiger partial charge on any atom is -0.478 e. The van der Waals surface area contributed by atoms with Crippen LogP contribution in [0.2, 0.25) is 0 Å². The predicted octanol–water partition coefficient (Wildman–Crippen LogP) is 2.24. The molecule has 1 aromatic rings. The Morgan fingerprint density at radius 1 is 1.44 bits per heavy atom. The molecule has 1 N–H and O–H groups in total. The Labute approximate surface area is 96.0 Å². The third kappa shape index (κ3) is 3.87. The van der Waals surface area contributed by atoms with Crippen LogP contribution in [0.5, 0.6) is 0 Å². The number of carboxylic acid groups (broad SMARTS) is 1. The van der Waals surface area contributed by atoms with Gasteiger partial charge >= 0.3 is 5.97 Å². The van der Waals surface area contributed by atoms with Gasteiger partial charge in [0, 0.05) is 12.6 Å². The van der Waals surface area contributed by atoms with E-state index >= 15 is 0 Å². The first-order valence-electron chi connectivity index (χ1n) is 5.31. The van der Waals surface area contributed by atoms with Gasteiger partial charge in [-0.1, -0.05) is 31.2 Å². The molecule has 16 heavy (non-hydrogen) atoms. The first-order chi connectivity index (χ1) is 7.63. The summed E-state index contributed by atoms with van der Waals surface area (Å²) in [4.78, 5) is 12.6. The van der Waals surface area contributed by atoms with Crippen LogP contribution in [0, 0.1) is 0 Å². The Hall–Kier alpha value is -1.61. The average Bonchev–Trinajstić information content (AvgIpc) is 2.27. The van der Waals surface area contributed by atoms with Crippen molar-refractivity contribution in [3.05, 3.63) is 41.5 Å². The third-order valence-electron chi connectivity index (χ3n) is 2.44. The Morgan fingerprint density at radius 2 is 2.12 bits per heavy atom. The van der Waals surface area contributed by atoms with E-state index in [4.69, 9.17) is 5.11 Å². The van der Waals surface area contributed by atoms with Crippen LogP contribution < -0.4 is 0 Å². The highest BCUT2D eigenvalue weighted by molar-refractivity contribution is 5.85. The Balaban J connectivity index is 2.87. The van der Waals surface area contributed by atoms with Crippen LogP contribution in [-0.4, -0.2) is 29.6 Å². The number of rotatable bonds is 5. The van der Waals surface area contributed by atoms with Gasteiger partial charge in [-0.25, -0.2) is 4.79 Å². The van der Waals surface area contributed by atoms with Crippen LogP contribution in [0.1, 0.15) is 18.1 Å². The molecular weight excluding hydrogens is 202 g/mol. The first-order valence-corrected chi connectivity index (χ1v) is 5.31. The second-order valence-electron chi connectivity index (χ2n) is 3.70. The lowest BCUT2D eigenvalue weighted by atomic mass is 10.1. The summed E-state index contributed by atoms with van der Waals surface area (Å²) in [5, 5.41) is 8.60. The van der Waals surface area contributed by atoms with E-state index in [1.165, 1.54) is 6.08 Å². The summed E-state index contributed by atoms with van der Waals surface area (Å²) >= 11 is 0. The van der Waals surface area contributed by atoms with Crippen molar-refractivity contribution >= 4 is 12.0 Å². The van der Waals surface area contributed by atoms with Crippen LogP contribution >= 0.6 is 0 Å². The van der Waals surface area contributed by atoms with E-state index in [2.05, 4.69) is 11.8 Å². The third-order valence-corrected chi connectivity index (χ3v) is 2.44. The molecule has 3 heteroatoms. The quantitative estimate of drug-likeness (QED) is 0.772. The number of nitrogens with zero attached hydrogens (tertiary/aromatic N) is 1. The minimum atomic E-state index is -0.918. The number of hydrogen-bond donors (Lipinski definition) is 1. The summed E-state index contributed by atoms with van der Waals surface area (Å²) in [6.07, 6.45) is 2.81. The fourth-order valence-electron chi connectivity index (χ4n) is 1.40. The molecule has 86 valence electrons. The van der Waals surface area contributed by atoms with Crippen LogP contribution in [0.25, 0.3) is 6.08 Å². The van der Waals surface area contributed by atoms with E-state index in [-0.39, 0.29) is 0 Å². The molecule has 0 amide bonds. The van der Waals surface area contributed by atoms with Gasteiger partial charge in [0.1, 0.15) is 0 Å². The summed E-state index contributed by atoms with van der Waals surface area (Å²) < 4.78 is 0.